The molecule has 3 atom stereocenters. The molecule has 0 aromatic heterocycles. The maximum Gasteiger partial charge on any atom is 0.253 e. The van der Waals surface area contributed by atoms with Gasteiger partial charge in [-0.15, -0.1) is 0 Å². The van der Waals surface area contributed by atoms with E-state index in [-0.39, 0.29) is 11.4 Å². The van der Waals surface area contributed by atoms with Crippen LogP contribution in [0.4, 0.5) is 5.69 Å². The molecule has 2 aliphatic rings. The number of hydrogen-bond acceptors (Lipinski definition) is 3. The van der Waals surface area contributed by atoms with E-state index in [2.05, 4.69) is 96.9 Å². The zero-order valence-electron chi connectivity index (χ0n) is 23.1. The van der Waals surface area contributed by atoms with E-state index < -0.39 is 0 Å². The smallest absolute Gasteiger partial charge is 0.253 e. The number of nitrogens with zero attached hydrogens (tertiary/aromatic N) is 2. The number of rotatable bonds is 11. The van der Waals surface area contributed by atoms with Crippen LogP contribution >= 0.6 is 0 Å². The van der Waals surface area contributed by atoms with Crippen LogP contribution in [0.15, 0.2) is 84.9 Å². The zero-order chi connectivity index (χ0) is 26.4. The van der Waals surface area contributed by atoms with E-state index in [4.69, 9.17) is 0 Å². The summed E-state index contributed by atoms with van der Waals surface area (Å²) in [7, 11) is 0. The number of carbonyl (C=O) groups excluding carboxylic acids is 1. The van der Waals surface area contributed by atoms with E-state index in [1.807, 2.05) is 17.0 Å². The average molecular weight is 510 g/mol. The summed E-state index contributed by atoms with van der Waals surface area (Å²) in [6.07, 6.45) is 7.79. The van der Waals surface area contributed by atoms with Crippen LogP contribution in [0, 0.1) is 0 Å². The summed E-state index contributed by atoms with van der Waals surface area (Å²) in [5.41, 5.74) is 4.85. The molecule has 0 spiro atoms. The van der Waals surface area contributed by atoms with E-state index in [0.717, 1.165) is 63.0 Å². The molecule has 2 bridgehead atoms. The maximum absolute atomic E-state index is 13.0. The van der Waals surface area contributed by atoms with Gasteiger partial charge in [-0.3, -0.25) is 9.69 Å². The molecule has 200 valence electrons. The largest absolute Gasteiger partial charge is 0.382 e. The SMILES string of the molecule is CCCN(CCC)C(=O)c1ccc(NC2CC3CCC(c4ccccc4)(C2)N3CCc2ccccc2)cc1. The Morgan fingerprint density at radius 2 is 1.58 bits per heavy atom. The minimum absolute atomic E-state index is 0.0767. The van der Waals surface area contributed by atoms with Crippen LogP contribution in [0.5, 0.6) is 0 Å². The second-order valence-electron chi connectivity index (χ2n) is 11.2. The van der Waals surface area contributed by atoms with Crippen LogP contribution in [0.3, 0.4) is 0 Å². The van der Waals surface area contributed by atoms with Crippen molar-refractivity contribution in [2.75, 3.05) is 25.0 Å². The van der Waals surface area contributed by atoms with Gasteiger partial charge in [-0.05, 0) is 80.3 Å². The highest BCUT2D eigenvalue weighted by Crippen LogP contribution is 2.51. The first-order chi connectivity index (χ1) is 18.6. The summed E-state index contributed by atoms with van der Waals surface area (Å²) < 4.78 is 0. The Labute approximate surface area is 229 Å². The molecule has 38 heavy (non-hydrogen) atoms. The molecular formula is C34H43N3O. The van der Waals surface area contributed by atoms with Crippen LogP contribution in [0.1, 0.15) is 73.9 Å². The number of fused-ring (bicyclic) bond motifs is 2. The molecule has 3 aromatic rings. The van der Waals surface area contributed by atoms with Crippen molar-refractivity contribution in [1.82, 2.24) is 9.80 Å². The molecule has 3 aromatic carbocycles. The maximum atomic E-state index is 13.0. The van der Waals surface area contributed by atoms with Crippen molar-refractivity contribution in [2.24, 2.45) is 0 Å². The predicted octanol–water partition coefficient (Wildman–Crippen LogP) is 7.13. The van der Waals surface area contributed by atoms with Crippen molar-refractivity contribution in [3.8, 4) is 0 Å². The third kappa shape index (κ3) is 5.66. The molecular weight excluding hydrogens is 466 g/mol. The Hall–Kier alpha value is -3.11. The van der Waals surface area contributed by atoms with Crippen molar-refractivity contribution in [3.63, 3.8) is 0 Å². The molecule has 0 saturated carbocycles. The van der Waals surface area contributed by atoms with Gasteiger partial charge in [-0.2, -0.15) is 0 Å². The third-order valence-electron chi connectivity index (χ3n) is 8.59. The fourth-order valence-corrected chi connectivity index (χ4v) is 6.90. The topological polar surface area (TPSA) is 35.6 Å². The minimum Gasteiger partial charge on any atom is -0.382 e. The number of carbonyl (C=O) groups is 1. The summed E-state index contributed by atoms with van der Waals surface area (Å²) in [5, 5.41) is 3.86. The van der Waals surface area contributed by atoms with Crippen molar-refractivity contribution < 1.29 is 4.79 Å². The highest BCUT2D eigenvalue weighted by atomic mass is 16.2. The quantitative estimate of drug-likeness (QED) is 0.299. The van der Waals surface area contributed by atoms with Crippen LogP contribution < -0.4 is 5.32 Å². The molecule has 2 fully saturated rings. The van der Waals surface area contributed by atoms with Crippen LogP contribution in [-0.4, -0.2) is 47.4 Å². The molecule has 1 N–H and O–H groups in total. The fourth-order valence-electron chi connectivity index (χ4n) is 6.90. The summed E-state index contributed by atoms with van der Waals surface area (Å²) in [6.45, 7) is 6.99. The lowest BCUT2D eigenvalue weighted by molar-refractivity contribution is 0.0457. The highest BCUT2D eigenvalue weighted by molar-refractivity contribution is 5.94. The number of hydrogen-bond donors (Lipinski definition) is 1. The van der Waals surface area contributed by atoms with E-state index >= 15 is 0 Å². The van der Waals surface area contributed by atoms with E-state index in [1.54, 1.807) is 0 Å². The van der Waals surface area contributed by atoms with E-state index in [1.165, 1.54) is 24.0 Å². The van der Waals surface area contributed by atoms with Gasteiger partial charge in [-0.1, -0.05) is 74.5 Å². The average Bonchev–Trinajstić information content (AvgIpc) is 3.18. The fraction of sp³-hybridized carbons (Fsp3) is 0.441. The first kappa shape index (κ1) is 26.5. The van der Waals surface area contributed by atoms with Crippen LogP contribution in [-0.2, 0) is 12.0 Å². The first-order valence-electron chi connectivity index (χ1n) is 14.6. The zero-order valence-corrected chi connectivity index (χ0v) is 23.1. The summed E-state index contributed by atoms with van der Waals surface area (Å²) in [4.78, 5) is 17.8. The van der Waals surface area contributed by atoms with Crippen molar-refractivity contribution in [3.05, 3.63) is 102 Å². The van der Waals surface area contributed by atoms with Gasteiger partial charge in [0.1, 0.15) is 0 Å². The molecule has 0 aliphatic carbocycles. The Kier molecular flexibility index (Phi) is 8.48. The molecule has 0 radical (unpaired) electrons. The number of benzene rings is 3. The molecule has 2 aliphatic heterocycles. The van der Waals surface area contributed by atoms with Gasteiger partial charge in [0.2, 0.25) is 0 Å². The van der Waals surface area contributed by atoms with E-state index in [0.29, 0.717) is 12.1 Å². The highest BCUT2D eigenvalue weighted by Gasteiger charge is 2.52. The third-order valence-corrected chi connectivity index (χ3v) is 8.59. The van der Waals surface area contributed by atoms with Crippen molar-refractivity contribution >= 4 is 11.6 Å². The lowest BCUT2D eigenvalue weighted by Crippen LogP contribution is -2.54. The van der Waals surface area contributed by atoms with Gasteiger partial charge >= 0.3 is 0 Å². The monoisotopic (exact) mass is 509 g/mol. The summed E-state index contributed by atoms with van der Waals surface area (Å²) >= 11 is 0. The van der Waals surface area contributed by atoms with Gasteiger partial charge in [0, 0.05) is 48.5 Å². The van der Waals surface area contributed by atoms with Crippen LogP contribution in [0.2, 0.25) is 0 Å². The standard InChI is InChI=1S/C34H43N3O/c1-3-22-36(23-4-2)33(38)28-15-17-30(18-16-28)35-31-25-32-19-21-34(26-31,29-13-9-6-10-14-29)37(32)24-20-27-11-7-5-8-12-27/h5-18,31-32,35H,3-4,19-26H2,1-2H3. The Morgan fingerprint density at radius 3 is 2.24 bits per heavy atom. The van der Waals surface area contributed by atoms with Gasteiger partial charge in [0.25, 0.3) is 5.91 Å². The van der Waals surface area contributed by atoms with Gasteiger partial charge < -0.3 is 10.2 Å². The van der Waals surface area contributed by atoms with E-state index in [9.17, 15) is 4.79 Å². The predicted molar refractivity (Wildman–Crippen MR) is 158 cm³/mol. The second-order valence-corrected chi connectivity index (χ2v) is 11.2. The number of nitrogens with one attached hydrogen (secondary N) is 1. The van der Waals surface area contributed by atoms with Gasteiger partial charge in [0.15, 0.2) is 0 Å². The molecule has 4 heteroatoms. The van der Waals surface area contributed by atoms with Gasteiger partial charge in [0.05, 0.1) is 0 Å². The first-order valence-corrected chi connectivity index (χ1v) is 14.6. The van der Waals surface area contributed by atoms with Gasteiger partial charge in [-0.25, -0.2) is 0 Å². The van der Waals surface area contributed by atoms with Crippen molar-refractivity contribution in [1.29, 1.82) is 0 Å². The number of piperidine rings is 1. The lowest BCUT2D eigenvalue weighted by Gasteiger charge is -2.48. The molecule has 2 saturated heterocycles. The number of anilines is 1. The Bertz CT molecular complexity index is 1160. The molecule has 5 rings (SSSR count). The van der Waals surface area contributed by atoms with Crippen molar-refractivity contribution in [2.45, 2.75) is 76.4 Å². The van der Waals surface area contributed by atoms with Crippen LogP contribution in [0.25, 0.3) is 0 Å². The number of amides is 1. The Morgan fingerprint density at radius 1 is 0.921 bits per heavy atom. The second kappa shape index (κ2) is 12.2. The minimum atomic E-state index is 0.0767. The molecule has 1 amide bonds. The molecule has 4 nitrogen and oxygen atoms in total. The lowest BCUT2D eigenvalue weighted by atomic mass is 9.79. The normalized spacial score (nSPS) is 22.8. The molecule has 2 heterocycles. The Balaban J connectivity index is 1.31. The summed E-state index contributed by atoms with van der Waals surface area (Å²) in [6, 6.07) is 31.3. The summed E-state index contributed by atoms with van der Waals surface area (Å²) in [5.74, 6) is 0.146. The molecule has 3 unspecified atom stereocenters.